The first-order valence-corrected chi connectivity index (χ1v) is 7.38. The van der Waals surface area contributed by atoms with Gasteiger partial charge in [-0.25, -0.2) is 4.79 Å². The molecule has 1 fully saturated rings. The quantitative estimate of drug-likeness (QED) is 0.0769. The fraction of sp³-hybridized carbons (Fsp3) is 0.286. The van der Waals surface area contributed by atoms with Gasteiger partial charge in [0.25, 0.3) is 0 Å². The number of carbonyl (C=O) groups excluding carboxylic acids is 1. The molecular formula is C7H20N16OS2. The van der Waals surface area contributed by atoms with E-state index in [0.29, 0.717) is 0 Å². The molecule has 1 aliphatic rings. The molecule has 18 N–H and O–H groups in total. The van der Waals surface area contributed by atoms with Crippen LogP contribution in [0.15, 0.2) is 10.2 Å². The highest BCUT2D eigenvalue weighted by Crippen LogP contribution is 2.09. The highest BCUT2D eigenvalue weighted by Gasteiger charge is 2.41. The molecule has 26 heavy (non-hydrogen) atoms. The van der Waals surface area contributed by atoms with E-state index in [9.17, 15) is 4.79 Å². The molecule has 1 saturated heterocycles. The molecule has 2 amide bonds. The van der Waals surface area contributed by atoms with Gasteiger partial charge in [-0.15, -0.1) is 21.3 Å². The maximum absolute atomic E-state index is 11.8. The molecule has 1 rings (SSSR count). The number of hydrogen-bond donors (Lipinski definition) is 12. The van der Waals surface area contributed by atoms with Crippen molar-refractivity contribution in [3.8, 4) is 0 Å². The molecule has 0 aromatic carbocycles. The minimum Gasteiger partial charge on any atom is -0.375 e. The van der Waals surface area contributed by atoms with Crippen molar-refractivity contribution in [3.05, 3.63) is 0 Å². The second-order valence-electron chi connectivity index (χ2n) is 4.45. The molecular weight excluding hydrogens is 388 g/mol. The van der Waals surface area contributed by atoms with Crippen molar-refractivity contribution in [2.75, 3.05) is 0 Å². The van der Waals surface area contributed by atoms with Crippen LogP contribution in [0, 0.1) is 0 Å². The largest absolute Gasteiger partial charge is 0.375 e. The van der Waals surface area contributed by atoms with E-state index in [1.807, 2.05) is 0 Å². The van der Waals surface area contributed by atoms with E-state index in [0.717, 1.165) is 10.2 Å². The summed E-state index contributed by atoms with van der Waals surface area (Å²) in [7, 11) is 0. The number of hydrazone groups is 2. The minimum absolute atomic E-state index is 0.121. The summed E-state index contributed by atoms with van der Waals surface area (Å²) < 4.78 is 0. The second kappa shape index (κ2) is 9.26. The Bertz CT molecular complexity index is 547. The summed E-state index contributed by atoms with van der Waals surface area (Å²) >= 11 is 9.36. The Morgan fingerprint density at radius 2 is 1.19 bits per heavy atom. The zero-order chi connectivity index (χ0) is 19.9. The Kier molecular flexibility index (Phi) is 7.39. The Morgan fingerprint density at radius 1 is 0.846 bits per heavy atom. The molecule has 0 bridgehead atoms. The van der Waals surface area contributed by atoms with Crippen LogP contribution in [0.2, 0.25) is 0 Å². The zero-order valence-corrected chi connectivity index (χ0v) is 14.8. The van der Waals surface area contributed by atoms with E-state index in [1.165, 1.54) is 0 Å². The molecule has 0 aliphatic carbocycles. The molecule has 1 heterocycles. The average Bonchev–Trinajstić information content (AvgIpc) is 2.88. The van der Waals surface area contributed by atoms with Crippen molar-refractivity contribution in [1.82, 2.24) is 42.8 Å². The van der Waals surface area contributed by atoms with Crippen LogP contribution in [0.5, 0.6) is 0 Å². The lowest BCUT2D eigenvalue weighted by Crippen LogP contribution is -2.65. The number of amides is 2. The van der Waals surface area contributed by atoms with E-state index in [1.54, 1.807) is 0 Å². The van der Waals surface area contributed by atoms with Gasteiger partial charge < -0.3 is 45.0 Å². The van der Waals surface area contributed by atoms with E-state index < -0.39 is 18.4 Å². The molecule has 0 saturated carbocycles. The lowest BCUT2D eigenvalue weighted by molar-refractivity contribution is 0.00796. The summed E-state index contributed by atoms with van der Waals surface area (Å²) in [5.41, 5.74) is 42.0. The summed E-state index contributed by atoms with van der Waals surface area (Å²) in [5, 5.41) is 14.4. The fourth-order valence-corrected chi connectivity index (χ4v) is 1.74. The Labute approximate surface area is 157 Å². The first kappa shape index (κ1) is 20.8. The predicted molar refractivity (Wildman–Crippen MR) is 101 cm³/mol. The number of thiocarbonyl (C=S) groups is 2. The summed E-state index contributed by atoms with van der Waals surface area (Å²) in [6.07, 6.45) is -1.98. The predicted octanol–water partition coefficient (Wildman–Crippen LogP) is -6.56. The Hall–Kier alpha value is -3.29. The van der Waals surface area contributed by atoms with Gasteiger partial charge in [0, 0.05) is 0 Å². The summed E-state index contributed by atoms with van der Waals surface area (Å²) in [6, 6.07) is -0.596. The Morgan fingerprint density at radius 3 is 1.46 bits per heavy atom. The number of urea groups is 1. The van der Waals surface area contributed by atoms with Crippen molar-refractivity contribution in [1.29, 1.82) is 0 Å². The number of hydrazine groups is 4. The minimum atomic E-state index is -0.991. The maximum atomic E-state index is 11.8. The van der Waals surface area contributed by atoms with E-state index in [2.05, 4.69) is 67.2 Å². The number of rotatable bonds is 8. The van der Waals surface area contributed by atoms with E-state index in [4.69, 9.17) is 34.4 Å². The van der Waals surface area contributed by atoms with E-state index in [-0.39, 0.29) is 22.1 Å². The molecule has 0 radical (unpaired) electrons. The van der Waals surface area contributed by atoms with Crippen LogP contribution in [-0.4, -0.2) is 50.7 Å². The van der Waals surface area contributed by atoms with Gasteiger partial charge >= 0.3 is 6.03 Å². The van der Waals surface area contributed by atoms with Crippen molar-refractivity contribution in [2.45, 2.75) is 12.3 Å². The number of nitrogens with two attached hydrogens (primary N) is 6. The van der Waals surface area contributed by atoms with Crippen LogP contribution in [0.25, 0.3) is 0 Å². The summed E-state index contributed by atoms with van der Waals surface area (Å²) in [4.78, 5) is 11.8. The lowest BCUT2D eigenvalue weighted by atomic mass is 10.4. The Balaban J connectivity index is 3.11. The molecule has 0 spiro atoms. The molecule has 17 nitrogen and oxygen atoms in total. The van der Waals surface area contributed by atoms with Gasteiger partial charge in [0.2, 0.25) is 11.9 Å². The van der Waals surface area contributed by atoms with Crippen LogP contribution in [0.1, 0.15) is 0 Å². The van der Waals surface area contributed by atoms with Gasteiger partial charge in [0.15, 0.2) is 22.6 Å². The van der Waals surface area contributed by atoms with Crippen molar-refractivity contribution < 1.29 is 4.79 Å². The summed E-state index contributed by atoms with van der Waals surface area (Å²) in [5.74, 6) is -0.686. The monoisotopic (exact) mass is 408 g/mol. The number of nitrogens with one attached hydrogen (secondary N) is 6. The SMILES string of the molecule is NC(=S)NNN(N=C(N)N)C1NC(=O)NC1N(N=C(N)N)NNC(N)=S. The topological polar surface area (TPSA) is 277 Å². The smallest absolute Gasteiger partial charge is 0.318 e. The number of nitrogens with zero attached hydrogens (tertiary/aromatic N) is 4. The molecule has 2 atom stereocenters. The van der Waals surface area contributed by atoms with Crippen molar-refractivity contribution in [2.24, 2.45) is 44.6 Å². The van der Waals surface area contributed by atoms with Gasteiger partial charge in [0.1, 0.15) is 0 Å². The van der Waals surface area contributed by atoms with Crippen molar-refractivity contribution in [3.63, 3.8) is 0 Å². The van der Waals surface area contributed by atoms with E-state index >= 15 is 0 Å². The normalized spacial score (nSPS) is 17.9. The zero-order valence-electron chi connectivity index (χ0n) is 13.1. The van der Waals surface area contributed by atoms with Crippen LogP contribution >= 0.6 is 24.4 Å². The van der Waals surface area contributed by atoms with Gasteiger partial charge in [-0.3, -0.25) is 10.9 Å². The highest BCUT2D eigenvalue weighted by molar-refractivity contribution is 7.80. The maximum Gasteiger partial charge on any atom is 0.318 e. The molecule has 1 aliphatic heterocycles. The van der Waals surface area contributed by atoms with Gasteiger partial charge in [-0.05, 0) is 24.4 Å². The molecule has 2 unspecified atom stereocenters. The summed E-state index contributed by atoms with van der Waals surface area (Å²) in [6.45, 7) is 0. The van der Waals surface area contributed by atoms with Gasteiger partial charge in [0.05, 0.1) is 0 Å². The lowest BCUT2D eigenvalue weighted by Gasteiger charge is -2.34. The third kappa shape index (κ3) is 6.68. The van der Waals surface area contributed by atoms with Crippen molar-refractivity contribution >= 4 is 52.6 Å². The molecule has 146 valence electrons. The van der Waals surface area contributed by atoms with Crippen LogP contribution in [-0.2, 0) is 0 Å². The highest BCUT2D eigenvalue weighted by atomic mass is 32.1. The van der Waals surface area contributed by atoms with Crippen LogP contribution in [0.4, 0.5) is 4.79 Å². The first-order chi connectivity index (χ1) is 12.1. The average molecular weight is 408 g/mol. The number of carbonyl (C=O) groups is 1. The fourth-order valence-electron chi connectivity index (χ4n) is 1.64. The first-order valence-electron chi connectivity index (χ1n) is 6.57. The molecule has 19 heteroatoms. The molecule has 0 aromatic heterocycles. The third-order valence-corrected chi connectivity index (χ3v) is 2.62. The number of hydrogen-bond acceptors (Lipinski definition) is 9. The number of guanidine groups is 2. The second-order valence-corrected chi connectivity index (χ2v) is 5.33. The van der Waals surface area contributed by atoms with Gasteiger partial charge in [-0.1, -0.05) is 0 Å². The van der Waals surface area contributed by atoms with Crippen LogP contribution < -0.4 is 67.0 Å². The van der Waals surface area contributed by atoms with Gasteiger partial charge in [-0.2, -0.15) is 10.2 Å². The van der Waals surface area contributed by atoms with Crippen LogP contribution in [0.3, 0.4) is 0 Å². The third-order valence-electron chi connectivity index (χ3n) is 2.42. The standard InChI is InChI=1S/C7H20N16OS2/c8-3(9)18-22(20-16-5(12)25)1-2(15-7(24)14-1)23(19-4(10)11)21-17-6(13)26/h1-2,20-21H,(H4,8,9,18)(H4,10,11,19)(H3,12,16,25)(H3,13,17,26)(H2,14,15,24). The molecule has 0 aromatic rings.